The normalized spacial score (nSPS) is 10.2. The first kappa shape index (κ1) is 11.6. The van der Waals surface area contributed by atoms with Crippen molar-refractivity contribution in [3.63, 3.8) is 0 Å². The number of halogens is 2. The fraction of sp³-hybridized carbons (Fsp3) is 0.273. The Morgan fingerprint density at radius 2 is 2.29 bits per heavy atom. The Hall–Kier alpha value is -0.490. The summed E-state index contributed by atoms with van der Waals surface area (Å²) in [4.78, 5) is 2.04. The Kier molecular flexibility index (Phi) is 4.47. The topological polar surface area (TPSA) is 3.24 Å². The summed E-state index contributed by atoms with van der Waals surface area (Å²) in [6, 6.07) is 5.87. The number of benzene rings is 1. The molecule has 0 unspecified atom stereocenters. The van der Waals surface area contributed by atoms with Crippen LogP contribution in [0.25, 0.3) is 0 Å². The van der Waals surface area contributed by atoms with Crippen molar-refractivity contribution < 1.29 is 0 Å². The minimum atomic E-state index is 0.631. The predicted octanol–water partition coefficient (Wildman–Crippen LogP) is 3.17. The minimum absolute atomic E-state index is 0.631. The second-order valence-electron chi connectivity index (χ2n) is 3.11. The van der Waals surface area contributed by atoms with Crippen LogP contribution in [0.15, 0.2) is 22.7 Å². The van der Waals surface area contributed by atoms with E-state index in [0.29, 0.717) is 6.54 Å². The highest BCUT2D eigenvalue weighted by Gasteiger charge is 2.03. The van der Waals surface area contributed by atoms with E-state index >= 15 is 0 Å². The Morgan fingerprint density at radius 3 is 2.86 bits per heavy atom. The lowest BCUT2D eigenvalue weighted by Gasteiger charge is -2.14. The van der Waals surface area contributed by atoms with E-state index in [1.807, 2.05) is 30.1 Å². The van der Waals surface area contributed by atoms with Gasteiger partial charge in [-0.05, 0) is 24.7 Å². The average molecular weight is 273 g/mol. The van der Waals surface area contributed by atoms with Crippen LogP contribution in [0.1, 0.15) is 5.56 Å². The smallest absolute Gasteiger partial charge is 0.0599 e. The molecule has 0 aliphatic heterocycles. The molecule has 0 bridgehead atoms. The van der Waals surface area contributed by atoms with Gasteiger partial charge in [-0.3, -0.25) is 4.90 Å². The molecule has 0 radical (unpaired) electrons. The Balaban J connectivity index is 2.73. The Labute approximate surface area is 98.2 Å². The molecule has 0 saturated heterocycles. The van der Waals surface area contributed by atoms with Crippen LogP contribution >= 0.6 is 27.5 Å². The Bertz CT molecular complexity index is 357. The van der Waals surface area contributed by atoms with Crippen LogP contribution in [-0.4, -0.2) is 18.5 Å². The standard InChI is InChI=1S/C11H11BrClN/c1-3-6-14(2)8-9-4-5-10(12)7-11(9)13/h1,4-5,7H,6,8H2,2H3. The molecule has 1 nitrogen and oxygen atoms in total. The van der Waals surface area contributed by atoms with Crippen molar-refractivity contribution in [3.05, 3.63) is 33.3 Å². The van der Waals surface area contributed by atoms with Crippen molar-refractivity contribution >= 4 is 27.5 Å². The van der Waals surface area contributed by atoms with Gasteiger partial charge in [0.1, 0.15) is 0 Å². The molecule has 1 rings (SSSR count). The molecule has 0 aliphatic carbocycles. The quantitative estimate of drug-likeness (QED) is 0.764. The lowest BCUT2D eigenvalue weighted by Crippen LogP contribution is -2.17. The molecule has 0 spiro atoms. The van der Waals surface area contributed by atoms with Crippen molar-refractivity contribution in [1.29, 1.82) is 0 Å². The summed E-state index contributed by atoms with van der Waals surface area (Å²) < 4.78 is 0.992. The molecule has 14 heavy (non-hydrogen) atoms. The zero-order chi connectivity index (χ0) is 10.6. The average Bonchev–Trinajstić information content (AvgIpc) is 2.10. The molecule has 74 valence electrons. The summed E-state index contributed by atoms with van der Waals surface area (Å²) in [5, 5.41) is 0.767. The summed E-state index contributed by atoms with van der Waals surface area (Å²) in [6.07, 6.45) is 5.21. The lowest BCUT2D eigenvalue weighted by atomic mass is 10.2. The van der Waals surface area contributed by atoms with Crippen LogP contribution in [0.3, 0.4) is 0 Å². The van der Waals surface area contributed by atoms with Crippen molar-refractivity contribution in [1.82, 2.24) is 4.90 Å². The summed E-state index contributed by atoms with van der Waals surface area (Å²) in [7, 11) is 1.97. The summed E-state index contributed by atoms with van der Waals surface area (Å²) in [5.41, 5.74) is 1.09. The third kappa shape index (κ3) is 3.34. The van der Waals surface area contributed by atoms with Crippen molar-refractivity contribution in [2.45, 2.75) is 6.54 Å². The maximum Gasteiger partial charge on any atom is 0.0599 e. The number of hydrogen-bond acceptors (Lipinski definition) is 1. The molecule has 1 aromatic rings. The van der Waals surface area contributed by atoms with Crippen molar-refractivity contribution in [3.8, 4) is 12.3 Å². The molecular formula is C11H11BrClN. The van der Waals surface area contributed by atoms with Gasteiger partial charge in [0.05, 0.1) is 6.54 Å². The van der Waals surface area contributed by atoms with Gasteiger partial charge in [0.25, 0.3) is 0 Å². The highest BCUT2D eigenvalue weighted by atomic mass is 79.9. The molecule has 0 heterocycles. The number of rotatable bonds is 3. The molecule has 1 aromatic carbocycles. The lowest BCUT2D eigenvalue weighted by molar-refractivity contribution is 0.369. The van der Waals surface area contributed by atoms with Gasteiger partial charge in [-0.15, -0.1) is 6.42 Å². The molecule has 0 N–H and O–H groups in total. The van der Waals surface area contributed by atoms with E-state index < -0.39 is 0 Å². The second-order valence-corrected chi connectivity index (χ2v) is 4.44. The first-order chi connectivity index (χ1) is 6.63. The maximum absolute atomic E-state index is 6.07. The fourth-order valence-electron chi connectivity index (χ4n) is 1.15. The first-order valence-corrected chi connectivity index (χ1v) is 5.36. The Morgan fingerprint density at radius 1 is 1.57 bits per heavy atom. The van der Waals surface area contributed by atoms with Crippen LogP contribution in [0.2, 0.25) is 5.02 Å². The van der Waals surface area contributed by atoms with Gasteiger partial charge < -0.3 is 0 Å². The van der Waals surface area contributed by atoms with Gasteiger partial charge in [0.15, 0.2) is 0 Å². The number of terminal acetylenes is 1. The molecule has 3 heteroatoms. The first-order valence-electron chi connectivity index (χ1n) is 4.19. The maximum atomic E-state index is 6.07. The summed E-state index contributed by atoms with van der Waals surface area (Å²) in [6.45, 7) is 1.41. The molecule has 0 amide bonds. The number of hydrogen-bond donors (Lipinski definition) is 0. The van der Waals surface area contributed by atoms with Gasteiger partial charge in [-0.2, -0.15) is 0 Å². The largest absolute Gasteiger partial charge is 0.291 e. The monoisotopic (exact) mass is 271 g/mol. The number of nitrogens with zero attached hydrogens (tertiary/aromatic N) is 1. The van der Waals surface area contributed by atoms with Crippen LogP contribution in [-0.2, 0) is 6.54 Å². The molecular weight excluding hydrogens is 261 g/mol. The van der Waals surface area contributed by atoms with E-state index in [1.165, 1.54) is 0 Å². The summed E-state index contributed by atoms with van der Waals surface area (Å²) in [5.74, 6) is 2.59. The van der Waals surface area contributed by atoms with E-state index in [9.17, 15) is 0 Å². The highest BCUT2D eigenvalue weighted by molar-refractivity contribution is 9.10. The van der Waals surface area contributed by atoms with Crippen molar-refractivity contribution in [2.24, 2.45) is 0 Å². The van der Waals surface area contributed by atoms with E-state index in [2.05, 4.69) is 21.9 Å². The van der Waals surface area contributed by atoms with Crippen LogP contribution in [0.4, 0.5) is 0 Å². The summed E-state index contributed by atoms with van der Waals surface area (Å²) >= 11 is 9.43. The van der Waals surface area contributed by atoms with Gasteiger partial charge in [-0.1, -0.05) is 39.5 Å². The van der Waals surface area contributed by atoms with Crippen molar-refractivity contribution in [2.75, 3.05) is 13.6 Å². The van der Waals surface area contributed by atoms with Gasteiger partial charge in [-0.25, -0.2) is 0 Å². The minimum Gasteiger partial charge on any atom is -0.291 e. The van der Waals surface area contributed by atoms with Crippen LogP contribution in [0.5, 0.6) is 0 Å². The van der Waals surface area contributed by atoms with E-state index in [-0.39, 0.29) is 0 Å². The third-order valence-electron chi connectivity index (χ3n) is 1.82. The van der Waals surface area contributed by atoms with E-state index in [1.54, 1.807) is 0 Å². The van der Waals surface area contributed by atoms with Gasteiger partial charge >= 0.3 is 0 Å². The zero-order valence-electron chi connectivity index (χ0n) is 7.93. The third-order valence-corrected chi connectivity index (χ3v) is 2.66. The second kappa shape index (κ2) is 5.41. The molecule has 0 fully saturated rings. The highest BCUT2D eigenvalue weighted by Crippen LogP contribution is 2.22. The van der Waals surface area contributed by atoms with Gasteiger partial charge in [0.2, 0.25) is 0 Å². The van der Waals surface area contributed by atoms with Gasteiger partial charge in [0, 0.05) is 16.0 Å². The van der Waals surface area contributed by atoms with Crippen LogP contribution < -0.4 is 0 Å². The predicted molar refractivity (Wildman–Crippen MR) is 64.3 cm³/mol. The SMILES string of the molecule is C#CCN(C)Cc1ccc(Br)cc1Cl. The molecule has 0 aromatic heterocycles. The molecule has 0 saturated carbocycles. The van der Waals surface area contributed by atoms with Crippen LogP contribution in [0, 0.1) is 12.3 Å². The molecule has 0 aliphatic rings. The fourth-order valence-corrected chi connectivity index (χ4v) is 1.89. The van der Waals surface area contributed by atoms with E-state index in [4.69, 9.17) is 18.0 Å². The zero-order valence-corrected chi connectivity index (χ0v) is 10.3. The van der Waals surface area contributed by atoms with E-state index in [0.717, 1.165) is 21.6 Å². The molecule has 0 atom stereocenters.